The van der Waals surface area contributed by atoms with E-state index >= 15 is 0 Å². The molecule has 126 valence electrons. The average Bonchev–Trinajstić information content (AvgIpc) is 2.43. The molecule has 1 atom stereocenters. The van der Waals surface area contributed by atoms with E-state index in [4.69, 9.17) is 9.47 Å². The Hall–Kier alpha value is -2.44. The number of nitro benzene ring substituents is 1. The molecule has 1 aromatic carbocycles. The fraction of sp³-hybridized carbons (Fsp3) is 0.500. The van der Waals surface area contributed by atoms with Gasteiger partial charge in [-0.3, -0.25) is 19.7 Å². The molecule has 7 nitrogen and oxygen atoms in total. The Bertz CT molecular complexity index is 573. The Morgan fingerprint density at radius 1 is 1.22 bits per heavy atom. The largest absolute Gasteiger partial charge is 0.466 e. The summed E-state index contributed by atoms with van der Waals surface area (Å²) in [5.41, 5.74) is -0.278. The summed E-state index contributed by atoms with van der Waals surface area (Å²) in [7, 11) is 0. The van der Waals surface area contributed by atoms with Gasteiger partial charge in [0.2, 0.25) is 0 Å². The van der Waals surface area contributed by atoms with Gasteiger partial charge in [0.05, 0.1) is 23.9 Å². The van der Waals surface area contributed by atoms with Crippen molar-refractivity contribution in [1.29, 1.82) is 0 Å². The van der Waals surface area contributed by atoms with Crippen molar-refractivity contribution < 1.29 is 24.0 Å². The van der Waals surface area contributed by atoms with Crippen LogP contribution in [-0.4, -0.2) is 29.1 Å². The van der Waals surface area contributed by atoms with Gasteiger partial charge < -0.3 is 9.47 Å². The summed E-state index contributed by atoms with van der Waals surface area (Å²) in [6.45, 7) is 7.04. The smallest absolute Gasteiger partial charge is 0.313 e. The second kappa shape index (κ2) is 7.71. The van der Waals surface area contributed by atoms with Crippen molar-refractivity contribution in [3.63, 3.8) is 0 Å². The van der Waals surface area contributed by atoms with Gasteiger partial charge >= 0.3 is 11.9 Å². The number of benzene rings is 1. The van der Waals surface area contributed by atoms with Gasteiger partial charge in [0.1, 0.15) is 5.60 Å². The molecule has 0 N–H and O–H groups in total. The Morgan fingerprint density at radius 2 is 1.78 bits per heavy atom. The summed E-state index contributed by atoms with van der Waals surface area (Å²) in [6, 6.07) is 5.47. The third kappa shape index (κ3) is 6.06. The highest BCUT2D eigenvalue weighted by Gasteiger charge is 2.28. The minimum Gasteiger partial charge on any atom is -0.466 e. The first-order valence-corrected chi connectivity index (χ1v) is 7.27. The number of rotatable bonds is 6. The maximum atomic E-state index is 12.1. The molecule has 0 aromatic heterocycles. The van der Waals surface area contributed by atoms with Crippen LogP contribution in [0.25, 0.3) is 0 Å². The molecule has 1 rings (SSSR count). The summed E-state index contributed by atoms with van der Waals surface area (Å²) in [4.78, 5) is 34.2. The topological polar surface area (TPSA) is 95.7 Å². The molecule has 0 saturated heterocycles. The van der Waals surface area contributed by atoms with Crippen LogP contribution in [0.3, 0.4) is 0 Å². The van der Waals surface area contributed by atoms with Crippen LogP contribution < -0.4 is 0 Å². The van der Waals surface area contributed by atoms with Crippen molar-refractivity contribution in [2.75, 3.05) is 6.61 Å². The molecule has 0 aliphatic carbocycles. The summed E-state index contributed by atoms with van der Waals surface area (Å²) in [6.07, 6.45) is -0.187. The van der Waals surface area contributed by atoms with E-state index in [2.05, 4.69) is 0 Å². The number of carbonyl (C=O) groups is 2. The quantitative estimate of drug-likeness (QED) is 0.453. The zero-order valence-electron chi connectivity index (χ0n) is 13.7. The van der Waals surface area contributed by atoms with E-state index in [0.29, 0.717) is 5.56 Å². The van der Waals surface area contributed by atoms with Crippen molar-refractivity contribution in [3.8, 4) is 0 Å². The van der Waals surface area contributed by atoms with Crippen LogP contribution in [0.15, 0.2) is 24.3 Å². The summed E-state index contributed by atoms with van der Waals surface area (Å²) in [5, 5.41) is 10.7. The van der Waals surface area contributed by atoms with Gasteiger partial charge in [-0.1, -0.05) is 12.1 Å². The third-order valence-corrected chi connectivity index (χ3v) is 2.87. The molecule has 0 spiro atoms. The van der Waals surface area contributed by atoms with Gasteiger partial charge in [-0.15, -0.1) is 0 Å². The van der Waals surface area contributed by atoms with Gasteiger partial charge in [-0.05, 0) is 33.3 Å². The first kappa shape index (κ1) is 18.6. The maximum Gasteiger partial charge on any atom is 0.313 e. The first-order valence-electron chi connectivity index (χ1n) is 7.27. The van der Waals surface area contributed by atoms with E-state index in [1.165, 1.54) is 24.3 Å². The van der Waals surface area contributed by atoms with Crippen LogP contribution in [0.1, 0.15) is 45.6 Å². The van der Waals surface area contributed by atoms with Gasteiger partial charge in [-0.25, -0.2) is 0 Å². The van der Waals surface area contributed by atoms with E-state index in [1.54, 1.807) is 27.7 Å². The molecule has 0 unspecified atom stereocenters. The second-order valence-electron chi connectivity index (χ2n) is 5.94. The molecule has 7 heteroatoms. The van der Waals surface area contributed by atoms with Gasteiger partial charge in [-0.2, -0.15) is 0 Å². The van der Waals surface area contributed by atoms with Crippen LogP contribution in [-0.2, 0) is 19.1 Å². The predicted octanol–water partition coefficient (Wildman–Crippen LogP) is 2.97. The van der Waals surface area contributed by atoms with E-state index in [-0.39, 0.29) is 18.7 Å². The van der Waals surface area contributed by atoms with Gasteiger partial charge in [0, 0.05) is 12.1 Å². The van der Waals surface area contributed by atoms with Gasteiger partial charge in [0.15, 0.2) is 0 Å². The predicted molar refractivity (Wildman–Crippen MR) is 82.9 cm³/mol. The number of carbonyl (C=O) groups excluding carboxylic acids is 2. The first-order chi connectivity index (χ1) is 10.6. The molecular weight excluding hydrogens is 302 g/mol. The van der Waals surface area contributed by atoms with Crippen molar-refractivity contribution >= 4 is 17.6 Å². The summed E-state index contributed by atoms with van der Waals surface area (Å²) < 4.78 is 10.2. The molecule has 0 saturated carbocycles. The number of non-ortho nitro benzene ring substituents is 1. The standard InChI is InChI=1S/C16H21NO6/c1-5-22-15(19)13(10-14(18)23-16(2,3)4)11-6-8-12(9-7-11)17(20)21/h6-9,13H,5,10H2,1-4H3/t13-/m1/s1. The zero-order chi connectivity index (χ0) is 17.6. The fourth-order valence-electron chi connectivity index (χ4n) is 1.96. The van der Waals surface area contributed by atoms with Crippen LogP contribution in [0, 0.1) is 10.1 Å². The Balaban J connectivity index is 2.98. The normalized spacial score (nSPS) is 12.3. The van der Waals surface area contributed by atoms with Crippen LogP contribution >= 0.6 is 0 Å². The van der Waals surface area contributed by atoms with Crippen molar-refractivity contribution in [1.82, 2.24) is 0 Å². The van der Waals surface area contributed by atoms with E-state index in [0.717, 1.165) is 0 Å². The molecule has 0 amide bonds. The molecule has 1 aromatic rings. The number of nitrogens with zero attached hydrogens (tertiary/aromatic N) is 1. The molecule has 0 heterocycles. The molecule has 0 fully saturated rings. The van der Waals surface area contributed by atoms with Gasteiger partial charge in [0.25, 0.3) is 5.69 Å². The Labute approximate surface area is 134 Å². The molecule has 0 radical (unpaired) electrons. The number of hydrogen-bond donors (Lipinski definition) is 0. The van der Waals surface area contributed by atoms with Crippen LogP contribution in [0.5, 0.6) is 0 Å². The fourth-order valence-corrected chi connectivity index (χ4v) is 1.96. The molecule has 0 aliphatic rings. The highest BCUT2D eigenvalue weighted by atomic mass is 16.6. The Kier molecular flexibility index (Phi) is 6.24. The van der Waals surface area contributed by atoms with Crippen LogP contribution in [0.2, 0.25) is 0 Å². The lowest BCUT2D eigenvalue weighted by atomic mass is 9.95. The Morgan fingerprint density at radius 3 is 2.22 bits per heavy atom. The lowest BCUT2D eigenvalue weighted by Crippen LogP contribution is -2.27. The maximum absolute atomic E-state index is 12.1. The molecule has 0 bridgehead atoms. The van der Waals surface area contributed by atoms with Crippen molar-refractivity contribution in [3.05, 3.63) is 39.9 Å². The molecule has 23 heavy (non-hydrogen) atoms. The number of nitro groups is 1. The minimum absolute atomic E-state index is 0.0892. The number of esters is 2. The highest BCUT2D eigenvalue weighted by molar-refractivity contribution is 5.84. The molecule has 0 aliphatic heterocycles. The summed E-state index contributed by atoms with van der Waals surface area (Å²) in [5.74, 6) is -1.95. The number of ether oxygens (including phenoxy) is 2. The van der Waals surface area contributed by atoms with E-state index in [9.17, 15) is 19.7 Å². The highest BCUT2D eigenvalue weighted by Crippen LogP contribution is 2.25. The van der Waals surface area contributed by atoms with Crippen molar-refractivity contribution in [2.24, 2.45) is 0 Å². The number of hydrogen-bond acceptors (Lipinski definition) is 6. The second-order valence-corrected chi connectivity index (χ2v) is 5.94. The van der Waals surface area contributed by atoms with Crippen LogP contribution in [0.4, 0.5) is 5.69 Å². The average molecular weight is 323 g/mol. The van der Waals surface area contributed by atoms with E-state index < -0.39 is 28.4 Å². The zero-order valence-corrected chi connectivity index (χ0v) is 13.7. The lowest BCUT2D eigenvalue weighted by Gasteiger charge is -2.21. The third-order valence-electron chi connectivity index (χ3n) is 2.87. The monoisotopic (exact) mass is 323 g/mol. The minimum atomic E-state index is -0.856. The van der Waals surface area contributed by atoms with Crippen molar-refractivity contribution in [2.45, 2.75) is 45.6 Å². The SMILES string of the molecule is CCOC(=O)[C@H](CC(=O)OC(C)(C)C)c1ccc([N+](=O)[O-])cc1. The van der Waals surface area contributed by atoms with E-state index in [1.807, 2.05) is 0 Å². The molecular formula is C16H21NO6. The summed E-state index contributed by atoms with van der Waals surface area (Å²) >= 11 is 0. The lowest BCUT2D eigenvalue weighted by molar-refractivity contribution is -0.384.